The number of benzene rings is 1. The molecule has 114 valence electrons. The number of hydrogen-bond acceptors (Lipinski definition) is 6. The zero-order valence-corrected chi connectivity index (χ0v) is 12.4. The van der Waals surface area contributed by atoms with Gasteiger partial charge < -0.3 is 15.5 Å². The van der Waals surface area contributed by atoms with E-state index in [0.29, 0.717) is 6.07 Å². The van der Waals surface area contributed by atoms with Crippen LogP contribution in [0.2, 0.25) is 0 Å². The highest BCUT2D eigenvalue weighted by Crippen LogP contribution is 2.35. The third kappa shape index (κ3) is 4.54. The van der Waals surface area contributed by atoms with Crippen LogP contribution in [0.1, 0.15) is 0 Å². The van der Waals surface area contributed by atoms with E-state index < -0.39 is 49.3 Å². The molecule has 0 aromatic heterocycles. The highest BCUT2D eigenvalue weighted by Gasteiger charge is 2.24. The van der Waals surface area contributed by atoms with E-state index in [0.717, 1.165) is 12.1 Å². The molecule has 0 radical (unpaired) electrons. The van der Waals surface area contributed by atoms with Crippen molar-refractivity contribution >= 4 is 33.2 Å². The van der Waals surface area contributed by atoms with E-state index in [9.17, 15) is 21.4 Å². The minimum atomic E-state index is -4.70. The van der Waals surface area contributed by atoms with Crippen molar-refractivity contribution in [1.82, 2.24) is 0 Å². The molecule has 0 aliphatic carbocycles. The lowest BCUT2D eigenvalue weighted by atomic mass is 10.3. The maximum atomic E-state index is 11.8. The number of nitrogen functional groups attached to an aromatic ring is 1. The number of nitrogens with two attached hydrogens (primary N) is 1. The summed E-state index contributed by atoms with van der Waals surface area (Å²) >= 11 is 0. The Morgan fingerprint density at radius 3 is 2.15 bits per heavy atom. The molecule has 0 aliphatic rings. The van der Waals surface area contributed by atoms with Gasteiger partial charge >= 0.3 is 7.60 Å². The molecule has 0 saturated heterocycles. The van der Waals surface area contributed by atoms with Crippen molar-refractivity contribution < 1.29 is 35.7 Å². The summed E-state index contributed by atoms with van der Waals surface area (Å²) < 4.78 is 65.2. The third-order valence-corrected chi connectivity index (χ3v) is 6.01. The van der Waals surface area contributed by atoms with Gasteiger partial charge in [0.2, 0.25) is 0 Å². The SMILES string of the molecule is Nc1ccc(S(=O)(=O)CCP(=O)(O)O)cc1S(=O)(=O)O. The third-order valence-electron chi connectivity index (χ3n) is 2.27. The number of hydrogen-bond donors (Lipinski definition) is 4. The first-order valence-electron chi connectivity index (χ1n) is 4.97. The van der Waals surface area contributed by atoms with Crippen molar-refractivity contribution in [3.05, 3.63) is 18.2 Å². The summed E-state index contributed by atoms with van der Waals surface area (Å²) in [6.07, 6.45) is -0.902. The first-order chi connectivity index (χ1) is 8.83. The Bertz CT molecular complexity index is 764. The van der Waals surface area contributed by atoms with E-state index >= 15 is 0 Å². The minimum Gasteiger partial charge on any atom is -0.398 e. The average Bonchev–Trinajstić information content (AvgIpc) is 2.24. The molecule has 0 fully saturated rings. The van der Waals surface area contributed by atoms with Crippen LogP contribution in [0.4, 0.5) is 5.69 Å². The molecule has 0 aliphatic heterocycles. The first-order valence-corrected chi connectivity index (χ1v) is 9.86. The predicted octanol–water partition coefficient (Wildman–Crippen LogP) is -0.533. The van der Waals surface area contributed by atoms with Crippen molar-refractivity contribution in [1.29, 1.82) is 0 Å². The number of anilines is 1. The van der Waals surface area contributed by atoms with E-state index in [1.165, 1.54) is 0 Å². The molecular formula is C8H12NO8PS2. The van der Waals surface area contributed by atoms with E-state index in [4.69, 9.17) is 20.1 Å². The van der Waals surface area contributed by atoms with Gasteiger partial charge in [0.25, 0.3) is 10.1 Å². The van der Waals surface area contributed by atoms with Crippen molar-refractivity contribution in [2.45, 2.75) is 9.79 Å². The minimum absolute atomic E-state index is 0.346. The van der Waals surface area contributed by atoms with Crippen LogP contribution in [0.15, 0.2) is 28.0 Å². The monoisotopic (exact) mass is 345 g/mol. The zero-order valence-electron chi connectivity index (χ0n) is 9.87. The molecule has 9 nitrogen and oxygen atoms in total. The second-order valence-electron chi connectivity index (χ2n) is 3.88. The summed E-state index contributed by atoms with van der Waals surface area (Å²) in [7, 11) is -13.3. The van der Waals surface area contributed by atoms with Crippen molar-refractivity contribution in [2.24, 2.45) is 0 Å². The fourth-order valence-corrected chi connectivity index (χ4v) is 4.73. The average molecular weight is 345 g/mol. The molecule has 0 amide bonds. The summed E-state index contributed by atoms with van der Waals surface area (Å²) in [4.78, 5) is 16.0. The second-order valence-corrected chi connectivity index (χ2v) is 9.16. The van der Waals surface area contributed by atoms with E-state index in [-0.39, 0.29) is 5.69 Å². The second kappa shape index (κ2) is 5.43. The van der Waals surface area contributed by atoms with Crippen LogP contribution in [0, 0.1) is 0 Å². The quantitative estimate of drug-likeness (QED) is 0.311. The molecule has 0 heterocycles. The van der Waals surface area contributed by atoms with Crippen LogP contribution < -0.4 is 5.73 Å². The molecule has 1 rings (SSSR count). The van der Waals surface area contributed by atoms with Gasteiger partial charge in [-0.25, -0.2) is 8.42 Å². The Morgan fingerprint density at radius 2 is 1.70 bits per heavy atom. The topological polar surface area (TPSA) is 172 Å². The van der Waals surface area contributed by atoms with Crippen LogP contribution in [-0.4, -0.2) is 43.1 Å². The molecule has 20 heavy (non-hydrogen) atoms. The van der Waals surface area contributed by atoms with Gasteiger partial charge in [0, 0.05) is 0 Å². The summed E-state index contributed by atoms with van der Waals surface area (Å²) in [5.41, 5.74) is 4.96. The normalized spacial score (nSPS) is 13.3. The van der Waals surface area contributed by atoms with Crippen LogP contribution in [0.3, 0.4) is 0 Å². The Labute approximate surface area is 115 Å². The van der Waals surface area contributed by atoms with Gasteiger partial charge in [-0.1, -0.05) is 0 Å². The molecule has 0 unspecified atom stereocenters. The maximum absolute atomic E-state index is 11.8. The van der Waals surface area contributed by atoms with Gasteiger partial charge in [0.05, 0.1) is 22.5 Å². The Kier molecular flexibility index (Phi) is 4.64. The van der Waals surface area contributed by atoms with E-state index in [1.807, 2.05) is 0 Å². The fraction of sp³-hybridized carbons (Fsp3) is 0.250. The fourth-order valence-electron chi connectivity index (χ4n) is 1.29. The van der Waals surface area contributed by atoms with Crippen LogP contribution in [0.25, 0.3) is 0 Å². The van der Waals surface area contributed by atoms with Gasteiger partial charge in [-0.15, -0.1) is 0 Å². The highest BCUT2D eigenvalue weighted by molar-refractivity contribution is 7.91. The smallest absolute Gasteiger partial charge is 0.326 e. The van der Waals surface area contributed by atoms with Gasteiger partial charge in [-0.3, -0.25) is 9.12 Å². The van der Waals surface area contributed by atoms with Crippen LogP contribution >= 0.6 is 7.60 Å². The van der Waals surface area contributed by atoms with Crippen molar-refractivity contribution in [2.75, 3.05) is 17.6 Å². The molecular weight excluding hydrogens is 333 g/mol. The Balaban J connectivity index is 3.25. The molecule has 12 heteroatoms. The summed E-state index contributed by atoms with van der Waals surface area (Å²) in [5.74, 6) is -0.869. The summed E-state index contributed by atoms with van der Waals surface area (Å²) in [6, 6.07) is 2.59. The highest BCUT2D eigenvalue weighted by atomic mass is 32.2. The van der Waals surface area contributed by atoms with E-state index in [1.54, 1.807) is 0 Å². The van der Waals surface area contributed by atoms with Crippen molar-refractivity contribution in [3.63, 3.8) is 0 Å². The molecule has 0 saturated carbocycles. The summed E-state index contributed by atoms with van der Waals surface area (Å²) in [5, 5.41) is 0. The van der Waals surface area contributed by atoms with Gasteiger partial charge in [0.15, 0.2) is 9.84 Å². The zero-order chi connectivity index (χ0) is 15.8. The molecule has 1 aromatic carbocycles. The molecule has 0 atom stereocenters. The lowest BCUT2D eigenvalue weighted by Gasteiger charge is -2.08. The molecule has 0 spiro atoms. The lowest BCUT2D eigenvalue weighted by Crippen LogP contribution is -2.12. The Hall–Kier alpha value is -0.970. The van der Waals surface area contributed by atoms with Crippen LogP contribution in [0.5, 0.6) is 0 Å². The standard InChI is InChI=1S/C8H12NO8PS2/c9-7-2-1-6(5-8(7)20(15,16)17)19(13,14)4-3-18(10,11)12/h1-2,5H,3-4,9H2,(H2,10,11,12)(H,15,16,17). The first kappa shape index (κ1) is 17.1. The molecule has 5 N–H and O–H groups in total. The maximum Gasteiger partial charge on any atom is 0.326 e. The van der Waals surface area contributed by atoms with Gasteiger partial charge in [0.1, 0.15) is 4.90 Å². The van der Waals surface area contributed by atoms with Crippen molar-refractivity contribution in [3.8, 4) is 0 Å². The van der Waals surface area contributed by atoms with E-state index in [2.05, 4.69) is 0 Å². The number of sulfone groups is 1. The van der Waals surface area contributed by atoms with Gasteiger partial charge in [-0.05, 0) is 18.2 Å². The predicted molar refractivity (Wildman–Crippen MR) is 69.6 cm³/mol. The molecule has 0 bridgehead atoms. The summed E-state index contributed by atoms with van der Waals surface area (Å²) in [6.45, 7) is 0. The Morgan fingerprint density at radius 1 is 1.15 bits per heavy atom. The molecule has 1 aromatic rings. The van der Waals surface area contributed by atoms with Crippen LogP contribution in [-0.2, 0) is 24.5 Å². The largest absolute Gasteiger partial charge is 0.398 e. The number of rotatable bonds is 5. The van der Waals surface area contributed by atoms with Gasteiger partial charge in [-0.2, -0.15) is 8.42 Å². The lowest BCUT2D eigenvalue weighted by molar-refractivity contribution is 0.374.